The lowest BCUT2D eigenvalue weighted by Crippen LogP contribution is -2.17. The van der Waals surface area contributed by atoms with E-state index in [2.05, 4.69) is 15.4 Å². The Labute approximate surface area is 195 Å². The normalized spacial score (nSPS) is 10.9. The van der Waals surface area contributed by atoms with Gasteiger partial charge in [-0.2, -0.15) is 0 Å². The highest BCUT2D eigenvalue weighted by Crippen LogP contribution is 2.21. The van der Waals surface area contributed by atoms with E-state index in [1.54, 1.807) is 60.0 Å². The van der Waals surface area contributed by atoms with Crippen molar-refractivity contribution in [3.63, 3.8) is 0 Å². The number of hydrogen-bond donors (Lipinski definition) is 3. The second kappa shape index (κ2) is 11.5. The van der Waals surface area contributed by atoms with Gasteiger partial charge in [-0.15, -0.1) is 11.3 Å². The number of ether oxygens (including phenoxy) is 2. The van der Waals surface area contributed by atoms with Crippen molar-refractivity contribution in [1.82, 2.24) is 0 Å². The van der Waals surface area contributed by atoms with Gasteiger partial charge in [0.05, 0.1) is 13.0 Å². The van der Waals surface area contributed by atoms with E-state index in [4.69, 9.17) is 9.47 Å². The SMILES string of the molecule is COCCOC(=O)Nc1cccc(NC(=O)Cc2ccc(NS(=O)(=O)c3cccs3)cc2)c1. The Morgan fingerprint density at radius 2 is 1.64 bits per heavy atom. The maximum Gasteiger partial charge on any atom is 0.411 e. The van der Waals surface area contributed by atoms with Crippen molar-refractivity contribution in [2.45, 2.75) is 10.6 Å². The van der Waals surface area contributed by atoms with Gasteiger partial charge < -0.3 is 14.8 Å². The molecule has 0 aliphatic carbocycles. The highest BCUT2D eigenvalue weighted by atomic mass is 32.2. The summed E-state index contributed by atoms with van der Waals surface area (Å²) in [5.41, 5.74) is 2.10. The Morgan fingerprint density at radius 1 is 0.909 bits per heavy atom. The highest BCUT2D eigenvalue weighted by molar-refractivity contribution is 7.94. The average Bonchev–Trinajstić information content (AvgIpc) is 3.31. The molecule has 11 heteroatoms. The van der Waals surface area contributed by atoms with Gasteiger partial charge in [0.15, 0.2) is 0 Å². The minimum atomic E-state index is -3.62. The number of carbonyl (C=O) groups excluding carboxylic acids is 2. The van der Waals surface area contributed by atoms with Gasteiger partial charge in [-0.1, -0.05) is 24.3 Å². The number of nitrogens with one attached hydrogen (secondary N) is 3. The van der Waals surface area contributed by atoms with E-state index in [0.717, 1.165) is 11.3 Å². The molecule has 0 aliphatic heterocycles. The standard InChI is InChI=1S/C22H23N3O6S2/c1-30-11-12-31-22(27)24-19-5-2-4-18(15-19)23-20(26)14-16-7-9-17(10-8-16)25-33(28,29)21-6-3-13-32-21/h2-10,13,15,25H,11-12,14H2,1H3,(H,23,26)(H,24,27). The molecule has 0 bridgehead atoms. The maximum absolute atomic E-state index is 12.4. The number of rotatable bonds is 10. The second-order valence-corrected chi connectivity index (χ2v) is 9.65. The fraction of sp³-hybridized carbons (Fsp3) is 0.182. The van der Waals surface area contributed by atoms with Gasteiger partial charge in [0.25, 0.3) is 10.0 Å². The van der Waals surface area contributed by atoms with Gasteiger partial charge in [-0.05, 0) is 47.3 Å². The van der Waals surface area contributed by atoms with Gasteiger partial charge in [0.2, 0.25) is 5.91 Å². The number of hydrogen-bond acceptors (Lipinski definition) is 7. The second-order valence-electron chi connectivity index (χ2n) is 6.79. The summed E-state index contributed by atoms with van der Waals surface area (Å²) in [7, 11) is -2.11. The predicted octanol–water partition coefficient (Wildman–Crippen LogP) is 3.93. The first-order valence-corrected chi connectivity index (χ1v) is 12.2. The molecule has 2 amide bonds. The van der Waals surface area contributed by atoms with Crippen LogP contribution in [0.2, 0.25) is 0 Å². The quantitative estimate of drug-likeness (QED) is 0.371. The van der Waals surface area contributed by atoms with Gasteiger partial charge in [0, 0.05) is 24.2 Å². The number of carbonyl (C=O) groups is 2. The summed E-state index contributed by atoms with van der Waals surface area (Å²) in [4.78, 5) is 24.1. The van der Waals surface area contributed by atoms with E-state index < -0.39 is 16.1 Å². The lowest BCUT2D eigenvalue weighted by atomic mass is 10.1. The number of anilines is 3. The molecule has 0 saturated heterocycles. The smallest absolute Gasteiger partial charge is 0.411 e. The van der Waals surface area contributed by atoms with Crippen molar-refractivity contribution < 1.29 is 27.5 Å². The van der Waals surface area contributed by atoms with Crippen molar-refractivity contribution in [1.29, 1.82) is 0 Å². The third kappa shape index (κ3) is 7.59. The zero-order chi connectivity index (χ0) is 23.7. The number of thiophene rings is 1. The molecule has 33 heavy (non-hydrogen) atoms. The third-order valence-electron chi connectivity index (χ3n) is 4.24. The minimum Gasteiger partial charge on any atom is -0.447 e. The summed E-state index contributed by atoms with van der Waals surface area (Å²) in [6.45, 7) is 0.429. The van der Waals surface area contributed by atoms with Crippen LogP contribution in [0, 0.1) is 0 Å². The van der Waals surface area contributed by atoms with Crippen LogP contribution in [-0.2, 0) is 30.7 Å². The van der Waals surface area contributed by atoms with Crippen LogP contribution in [0.5, 0.6) is 0 Å². The molecule has 0 radical (unpaired) electrons. The summed E-state index contributed by atoms with van der Waals surface area (Å²) in [5.74, 6) is -0.262. The molecular weight excluding hydrogens is 466 g/mol. The van der Waals surface area contributed by atoms with Crippen LogP contribution >= 0.6 is 11.3 Å². The molecule has 3 rings (SSSR count). The van der Waals surface area contributed by atoms with Crippen LogP contribution < -0.4 is 15.4 Å². The Hall–Kier alpha value is -3.41. The van der Waals surface area contributed by atoms with Gasteiger partial charge >= 0.3 is 6.09 Å². The van der Waals surface area contributed by atoms with Crippen LogP contribution in [0.1, 0.15) is 5.56 Å². The summed E-state index contributed by atoms with van der Waals surface area (Å²) < 4.78 is 37.1. The summed E-state index contributed by atoms with van der Waals surface area (Å²) in [6.07, 6.45) is -0.528. The van der Waals surface area contributed by atoms with E-state index in [0.29, 0.717) is 29.2 Å². The molecule has 0 aliphatic rings. The molecule has 0 unspecified atom stereocenters. The van der Waals surface area contributed by atoms with Crippen LogP contribution in [0.15, 0.2) is 70.3 Å². The largest absolute Gasteiger partial charge is 0.447 e. The number of sulfonamides is 1. The summed E-state index contributed by atoms with van der Waals surface area (Å²) in [6, 6.07) is 16.4. The van der Waals surface area contributed by atoms with E-state index in [-0.39, 0.29) is 23.1 Å². The van der Waals surface area contributed by atoms with E-state index in [9.17, 15) is 18.0 Å². The lowest BCUT2D eigenvalue weighted by Gasteiger charge is -2.10. The lowest BCUT2D eigenvalue weighted by molar-refractivity contribution is -0.115. The molecule has 9 nitrogen and oxygen atoms in total. The topological polar surface area (TPSA) is 123 Å². The summed E-state index contributed by atoms with van der Waals surface area (Å²) in [5, 5.41) is 7.03. The molecule has 0 spiro atoms. The van der Waals surface area contributed by atoms with E-state index in [1.165, 1.54) is 13.2 Å². The minimum absolute atomic E-state index is 0.0919. The zero-order valence-electron chi connectivity index (χ0n) is 17.7. The summed E-state index contributed by atoms with van der Waals surface area (Å²) >= 11 is 1.13. The predicted molar refractivity (Wildman–Crippen MR) is 127 cm³/mol. The Balaban J connectivity index is 1.53. The van der Waals surface area contributed by atoms with E-state index >= 15 is 0 Å². The molecule has 3 N–H and O–H groups in total. The molecule has 1 heterocycles. The molecule has 0 atom stereocenters. The number of amides is 2. The average molecular weight is 490 g/mol. The van der Waals surface area contributed by atoms with Crippen LogP contribution in [0.25, 0.3) is 0 Å². The molecular formula is C22H23N3O6S2. The molecule has 3 aromatic rings. The number of benzene rings is 2. The van der Waals surface area contributed by atoms with Crippen LogP contribution in [0.3, 0.4) is 0 Å². The van der Waals surface area contributed by atoms with Gasteiger partial charge in [-0.3, -0.25) is 14.8 Å². The molecule has 2 aromatic carbocycles. The first kappa shape index (κ1) is 24.2. The Bertz CT molecular complexity index is 1180. The molecule has 1 aromatic heterocycles. The van der Waals surface area contributed by atoms with Crippen molar-refractivity contribution in [2.24, 2.45) is 0 Å². The zero-order valence-corrected chi connectivity index (χ0v) is 19.4. The molecule has 174 valence electrons. The van der Waals surface area contributed by atoms with Crippen molar-refractivity contribution in [2.75, 3.05) is 35.7 Å². The third-order valence-corrected chi connectivity index (χ3v) is 7.02. The van der Waals surface area contributed by atoms with Gasteiger partial charge in [-0.25, -0.2) is 13.2 Å². The Kier molecular flexibility index (Phi) is 8.41. The van der Waals surface area contributed by atoms with Crippen LogP contribution in [0.4, 0.5) is 21.9 Å². The fourth-order valence-corrected chi connectivity index (χ4v) is 4.80. The van der Waals surface area contributed by atoms with Crippen LogP contribution in [-0.4, -0.2) is 40.7 Å². The fourth-order valence-electron chi connectivity index (χ4n) is 2.75. The number of methoxy groups -OCH3 is 1. The van der Waals surface area contributed by atoms with Crippen molar-refractivity contribution in [3.8, 4) is 0 Å². The monoisotopic (exact) mass is 489 g/mol. The first-order valence-electron chi connectivity index (χ1n) is 9.83. The van der Waals surface area contributed by atoms with Gasteiger partial charge in [0.1, 0.15) is 10.8 Å². The highest BCUT2D eigenvalue weighted by Gasteiger charge is 2.15. The first-order chi connectivity index (χ1) is 15.9. The molecule has 0 fully saturated rings. The van der Waals surface area contributed by atoms with E-state index in [1.807, 2.05) is 0 Å². The maximum atomic E-state index is 12.4. The molecule has 0 saturated carbocycles. The Morgan fingerprint density at radius 3 is 2.30 bits per heavy atom. The van der Waals surface area contributed by atoms with Crippen molar-refractivity contribution in [3.05, 3.63) is 71.6 Å². The van der Waals surface area contributed by atoms with Crippen molar-refractivity contribution >= 4 is 50.4 Å².